The molecule has 0 aromatic carbocycles. The van der Waals surface area contributed by atoms with Gasteiger partial charge in [0, 0.05) is 32.8 Å². The van der Waals surface area contributed by atoms with E-state index in [1.54, 1.807) is 0 Å². The zero-order valence-electron chi connectivity index (χ0n) is 12.2. The number of hydrogen-bond acceptors (Lipinski definition) is 4. The van der Waals surface area contributed by atoms with Crippen LogP contribution in [0.25, 0.3) is 0 Å². The van der Waals surface area contributed by atoms with Crippen molar-refractivity contribution < 1.29 is 19.4 Å². The first-order chi connectivity index (χ1) is 10.2. The van der Waals surface area contributed by atoms with Crippen molar-refractivity contribution in [1.29, 1.82) is 0 Å². The highest BCUT2D eigenvalue weighted by molar-refractivity contribution is 5.79. The lowest BCUT2D eigenvalue weighted by Crippen LogP contribution is -2.62. The largest absolute Gasteiger partial charge is 0.396 e. The number of nitrogens with zero attached hydrogens (tertiary/aromatic N) is 2. The number of piperidine rings is 2. The number of amides is 3. The van der Waals surface area contributed by atoms with Gasteiger partial charge in [-0.25, -0.2) is 4.79 Å². The number of aliphatic hydroxyl groups is 1. The quantitative estimate of drug-likeness (QED) is 0.677. The SMILES string of the molecule is O=C1COC2CCN(C(=O)N3CCC(CO)CC3)CC2N1. The minimum absolute atomic E-state index is 0.0341. The number of carbonyl (C=O) groups is 2. The van der Waals surface area contributed by atoms with Gasteiger partial charge in [-0.1, -0.05) is 0 Å². The van der Waals surface area contributed by atoms with E-state index >= 15 is 0 Å². The highest BCUT2D eigenvalue weighted by atomic mass is 16.5. The van der Waals surface area contributed by atoms with E-state index in [2.05, 4.69) is 5.32 Å². The minimum atomic E-state index is -0.102. The molecule has 7 heteroatoms. The number of aliphatic hydroxyl groups excluding tert-OH is 1. The number of ether oxygens (including phenoxy) is 1. The van der Waals surface area contributed by atoms with E-state index < -0.39 is 0 Å². The standard InChI is InChI=1S/C14H23N3O4/c18-8-10-1-4-16(5-2-10)14(20)17-6-3-12-11(7-17)15-13(19)9-21-12/h10-12,18H,1-9H2,(H,15,19). The van der Waals surface area contributed by atoms with Crippen molar-refractivity contribution in [2.75, 3.05) is 39.4 Å². The monoisotopic (exact) mass is 297 g/mol. The molecule has 3 aliphatic heterocycles. The van der Waals surface area contributed by atoms with Crippen molar-refractivity contribution in [1.82, 2.24) is 15.1 Å². The Kier molecular flexibility index (Phi) is 4.30. The highest BCUT2D eigenvalue weighted by Gasteiger charge is 2.37. The lowest BCUT2D eigenvalue weighted by atomic mass is 9.97. The van der Waals surface area contributed by atoms with E-state index in [9.17, 15) is 9.59 Å². The summed E-state index contributed by atoms with van der Waals surface area (Å²) in [6.07, 6.45) is 2.53. The summed E-state index contributed by atoms with van der Waals surface area (Å²) in [7, 11) is 0. The Labute approximate surface area is 124 Å². The smallest absolute Gasteiger partial charge is 0.320 e. The topological polar surface area (TPSA) is 82.1 Å². The summed E-state index contributed by atoms with van der Waals surface area (Å²) in [6.45, 7) is 2.95. The van der Waals surface area contributed by atoms with Crippen LogP contribution in [0, 0.1) is 5.92 Å². The maximum absolute atomic E-state index is 12.5. The lowest BCUT2D eigenvalue weighted by Gasteiger charge is -2.43. The first-order valence-electron chi connectivity index (χ1n) is 7.73. The van der Waals surface area contributed by atoms with Gasteiger partial charge in [0.2, 0.25) is 5.91 Å². The molecule has 3 heterocycles. The van der Waals surface area contributed by atoms with Crippen molar-refractivity contribution in [2.45, 2.75) is 31.4 Å². The molecule has 2 unspecified atom stereocenters. The summed E-state index contributed by atoms with van der Waals surface area (Å²) >= 11 is 0. The van der Waals surface area contributed by atoms with Gasteiger partial charge < -0.3 is 25.0 Å². The first kappa shape index (κ1) is 14.6. The number of fused-ring (bicyclic) bond motifs is 1. The molecule has 0 saturated carbocycles. The predicted molar refractivity (Wildman–Crippen MR) is 74.6 cm³/mol. The average molecular weight is 297 g/mol. The summed E-state index contributed by atoms with van der Waals surface area (Å²) in [5.41, 5.74) is 0. The van der Waals surface area contributed by atoms with Crippen LogP contribution in [-0.2, 0) is 9.53 Å². The Morgan fingerprint density at radius 2 is 1.95 bits per heavy atom. The molecule has 3 aliphatic rings. The Hall–Kier alpha value is -1.34. The number of carbonyl (C=O) groups excluding carboxylic acids is 2. The fraction of sp³-hybridized carbons (Fsp3) is 0.857. The summed E-state index contributed by atoms with van der Waals surface area (Å²) in [4.78, 5) is 27.6. The summed E-state index contributed by atoms with van der Waals surface area (Å²) in [6, 6.07) is -0.0383. The van der Waals surface area contributed by atoms with Gasteiger partial charge in [0.05, 0.1) is 12.1 Å². The Morgan fingerprint density at radius 3 is 2.67 bits per heavy atom. The van der Waals surface area contributed by atoms with Crippen molar-refractivity contribution in [3.8, 4) is 0 Å². The third kappa shape index (κ3) is 3.13. The molecule has 118 valence electrons. The molecule has 2 atom stereocenters. The summed E-state index contributed by atoms with van der Waals surface area (Å²) in [5.74, 6) is 0.222. The van der Waals surface area contributed by atoms with Gasteiger partial charge >= 0.3 is 6.03 Å². The molecule has 0 radical (unpaired) electrons. The Balaban J connectivity index is 1.55. The van der Waals surface area contributed by atoms with Crippen LogP contribution in [0.2, 0.25) is 0 Å². The van der Waals surface area contributed by atoms with Crippen molar-refractivity contribution in [3.05, 3.63) is 0 Å². The predicted octanol–water partition coefficient (Wildman–Crippen LogP) is -0.600. The van der Waals surface area contributed by atoms with Gasteiger partial charge in [-0.2, -0.15) is 0 Å². The number of rotatable bonds is 1. The fourth-order valence-electron chi connectivity index (χ4n) is 3.38. The summed E-state index contributed by atoms with van der Waals surface area (Å²) in [5, 5.41) is 12.1. The molecular weight excluding hydrogens is 274 g/mol. The number of likely N-dealkylation sites (tertiary alicyclic amines) is 2. The fourth-order valence-corrected chi connectivity index (χ4v) is 3.38. The maximum atomic E-state index is 12.5. The van der Waals surface area contributed by atoms with Crippen LogP contribution in [0.3, 0.4) is 0 Å². The molecule has 0 bridgehead atoms. The Morgan fingerprint density at radius 1 is 1.24 bits per heavy atom. The van der Waals surface area contributed by atoms with E-state index in [0.29, 0.717) is 32.1 Å². The second kappa shape index (κ2) is 6.19. The highest BCUT2D eigenvalue weighted by Crippen LogP contribution is 2.21. The molecule has 2 N–H and O–H groups in total. The van der Waals surface area contributed by atoms with Crippen LogP contribution in [0.4, 0.5) is 4.79 Å². The Bertz CT molecular complexity index is 409. The molecule has 3 fully saturated rings. The molecule has 3 saturated heterocycles. The zero-order valence-corrected chi connectivity index (χ0v) is 12.2. The summed E-state index contributed by atoms with van der Waals surface area (Å²) < 4.78 is 5.50. The normalized spacial score (nSPS) is 30.8. The molecule has 0 aromatic heterocycles. The van der Waals surface area contributed by atoms with Crippen LogP contribution < -0.4 is 5.32 Å². The van der Waals surface area contributed by atoms with Gasteiger partial charge in [-0.15, -0.1) is 0 Å². The van der Waals surface area contributed by atoms with Gasteiger partial charge in [0.1, 0.15) is 6.61 Å². The maximum Gasteiger partial charge on any atom is 0.320 e. The van der Waals surface area contributed by atoms with Crippen LogP contribution >= 0.6 is 0 Å². The van der Waals surface area contributed by atoms with Crippen molar-refractivity contribution >= 4 is 11.9 Å². The average Bonchev–Trinajstić information content (AvgIpc) is 2.53. The lowest BCUT2D eigenvalue weighted by molar-refractivity contribution is -0.139. The van der Waals surface area contributed by atoms with E-state index in [1.807, 2.05) is 9.80 Å². The molecule has 3 rings (SSSR count). The molecule has 21 heavy (non-hydrogen) atoms. The molecule has 7 nitrogen and oxygen atoms in total. The number of morpholine rings is 1. The van der Waals surface area contributed by atoms with Crippen molar-refractivity contribution in [2.24, 2.45) is 5.92 Å². The molecule has 0 aliphatic carbocycles. The van der Waals surface area contributed by atoms with E-state index in [4.69, 9.17) is 9.84 Å². The first-order valence-corrected chi connectivity index (χ1v) is 7.73. The number of urea groups is 1. The van der Waals surface area contributed by atoms with Gasteiger partial charge in [0.15, 0.2) is 0 Å². The van der Waals surface area contributed by atoms with E-state index in [0.717, 1.165) is 19.3 Å². The van der Waals surface area contributed by atoms with Gasteiger partial charge in [0.25, 0.3) is 0 Å². The molecule has 0 spiro atoms. The second-order valence-corrected chi connectivity index (χ2v) is 6.15. The van der Waals surface area contributed by atoms with Gasteiger partial charge in [-0.3, -0.25) is 4.79 Å². The van der Waals surface area contributed by atoms with E-state index in [-0.39, 0.29) is 37.3 Å². The van der Waals surface area contributed by atoms with Gasteiger partial charge in [-0.05, 0) is 25.2 Å². The van der Waals surface area contributed by atoms with Crippen molar-refractivity contribution in [3.63, 3.8) is 0 Å². The zero-order chi connectivity index (χ0) is 14.8. The second-order valence-electron chi connectivity index (χ2n) is 6.15. The molecule has 0 aromatic rings. The third-order valence-corrected chi connectivity index (χ3v) is 4.74. The van der Waals surface area contributed by atoms with Crippen LogP contribution in [0.5, 0.6) is 0 Å². The third-order valence-electron chi connectivity index (χ3n) is 4.74. The van der Waals surface area contributed by atoms with E-state index in [1.165, 1.54) is 0 Å². The minimum Gasteiger partial charge on any atom is -0.396 e. The molecular formula is C14H23N3O4. The number of nitrogens with one attached hydrogen (secondary N) is 1. The van der Waals surface area contributed by atoms with Crippen LogP contribution in [0.1, 0.15) is 19.3 Å². The molecule has 3 amide bonds. The van der Waals surface area contributed by atoms with Crippen LogP contribution in [-0.4, -0.2) is 78.4 Å². The number of hydrogen-bond donors (Lipinski definition) is 2. The van der Waals surface area contributed by atoms with Crippen LogP contribution in [0.15, 0.2) is 0 Å².